The quantitative estimate of drug-likeness (QED) is 0.759. The maximum atomic E-state index is 12.6. The van der Waals surface area contributed by atoms with Crippen molar-refractivity contribution in [3.05, 3.63) is 65.4 Å². The number of para-hydroxylation sites is 1. The Hall–Kier alpha value is -3.08. The Bertz CT molecular complexity index is 926. The van der Waals surface area contributed by atoms with Gasteiger partial charge in [0.2, 0.25) is 0 Å². The number of fused-ring (bicyclic) bond motifs is 3. The lowest BCUT2D eigenvalue weighted by Gasteiger charge is -2.15. The van der Waals surface area contributed by atoms with Crippen LogP contribution in [0.15, 0.2) is 53.1 Å². The summed E-state index contributed by atoms with van der Waals surface area (Å²) in [5.41, 5.74) is 3.70. The summed E-state index contributed by atoms with van der Waals surface area (Å²) in [5.74, 6) is 1.49. The van der Waals surface area contributed by atoms with Crippen LogP contribution < -0.4 is 10.1 Å². The molecular formula is C20H18N2O3. The van der Waals surface area contributed by atoms with Gasteiger partial charge in [-0.25, -0.2) is 0 Å². The summed E-state index contributed by atoms with van der Waals surface area (Å²) >= 11 is 0. The van der Waals surface area contributed by atoms with Crippen molar-refractivity contribution in [1.29, 1.82) is 0 Å². The first-order valence-corrected chi connectivity index (χ1v) is 8.25. The van der Waals surface area contributed by atoms with Crippen LogP contribution in [0.25, 0.3) is 11.3 Å². The molecule has 25 heavy (non-hydrogen) atoms. The lowest BCUT2D eigenvalue weighted by atomic mass is 10.0. The Morgan fingerprint density at radius 3 is 2.64 bits per heavy atom. The number of hydrogen-bond donors (Lipinski definition) is 1. The van der Waals surface area contributed by atoms with Crippen LogP contribution in [-0.4, -0.2) is 11.1 Å². The fourth-order valence-electron chi connectivity index (χ4n) is 2.90. The van der Waals surface area contributed by atoms with E-state index in [-0.39, 0.29) is 18.2 Å². The highest BCUT2D eigenvalue weighted by molar-refractivity contribution is 6.04. The highest BCUT2D eigenvalue weighted by atomic mass is 16.5. The van der Waals surface area contributed by atoms with Gasteiger partial charge in [0, 0.05) is 5.69 Å². The van der Waals surface area contributed by atoms with Crippen molar-refractivity contribution >= 4 is 11.6 Å². The molecule has 0 aliphatic carbocycles. The topological polar surface area (TPSA) is 64.4 Å². The van der Waals surface area contributed by atoms with Gasteiger partial charge in [0.1, 0.15) is 12.4 Å². The van der Waals surface area contributed by atoms with E-state index in [2.05, 4.69) is 24.3 Å². The number of benzene rings is 2. The van der Waals surface area contributed by atoms with Gasteiger partial charge < -0.3 is 14.6 Å². The summed E-state index contributed by atoms with van der Waals surface area (Å²) < 4.78 is 11.1. The van der Waals surface area contributed by atoms with Crippen molar-refractivity contribution in [3.63, 3.8) is 0 Å². The molecular weight excluding hydrogens is 316 g/mol. The molecule has 1 aromatic heterocycles. The van der Waals surface area contributed by atoms with E-state index in [0.717, 1.165) is 17.0 Å². The van der Waals surface area contributed by atoms with Crippen molar-refractivity contribution in [1.82, 2.24) is 5.16 Å². The van der Waals surface area contributed by atoms with Crippen molar-refractivity contribution in [2.24, 2.45) is 0 Å². The number of aromatic nitrogens is 1. The predicted octanol–water partition coefficient (Wildman–Crippen LogP) is 4.61. The molecule has 1 aliphatic rings. The summed E-state index contributed by atoms with van der Waals surface area (Å²) in [6.45, 7) is 4.53. The van der Waals surface area contributed by atoms with E-state index in [1.165, 1.54) is 5.56 Å². The van der Waals surface area contributed by atoms with Gasteiger partial charge in [0.25, 0.3) is 5.91 Å². The van der Waals surface area contributed by atoms with E-state index in [9.17, 15) is 4.79 Å². The summed E-state index contributed by atoms with van der Waals surface area (Å²) in [6.07, 6.45) is 0. The molecule has 3 aromatic rings. The first kappa shape index (κ1) is 15.4. The van der Waals surface area contributed by atoms with E-state index < -0.39 is 0 Å². The molecule has 2 aromatic carbocycles. The maximum Gasteiger partial charge on any atom is 0.278 e. The summed E-state index contributed by atoms with van der Waals surface area (Å²) in [5, 5.41) is 6.84. The molecule has 0 atom stereocenters. The highest BCUT2D eigenvalue weighted by Gasteiger charge is 2.28. The van der Waals surface area contributed by atoms with Gasteiger partial charge in [-0.3, -0.25) is 4.79 Å². The normalized spacial score (nSPS) is 12.3. The van der Waals surface area contributed by atoms with E-state index >= 15 is 0 Å². The Labute approximate surface area is 145 Å². The smallest absolute Gasteiger partial charge is 0.278 e. The fourth-order valence-corrected chi connectivity index (χ4v) is 2.90. The lowest BCUT2D eigenvalue weighted by molar-refractivity contribution is 0.101. The molecule has 1 amide bonds. The molecule has 1 aliphatic heterocycles. The summed E-state index contributed by atoms with van der Waals surface area (Å²) in [6, 6.07) is 15.4. The minimum atomic E-state index is -0.301. The van der Waals surface area contributed by atoms with Crippen molar-refractivity contribution < 1.29 is 14.1 Å². The Morgan fingerprint density at radius 2 is 1.88 bits per heavy atom. The molecule has 0 saturated carbocycles. The Kier molecular flexibility index (Phi) is 3.76. The van der Waals surface area contributed by atoms with Gasteiger partial charge in [-0.2, -0.15) is 0 Å². The number of rotatable bonds is 3. The molecule has 0 spiro atoms. The van der Waals surface area contributed by atoms with Gasteiger partial charge in [-0.15, -0.1) is 0 Å². The van der Waals surface area contributed by atoms with Crippen molar-refractivity contribution in [2.75, 3.05) is 5.32 Å². The zero-order chi connectivity index (χ0) is 17.4. The molecule has 0 unspecified atom stereocenters. The second-order valence-corrected chi connectivity index (χ2v) is 6.35. The summed E-state index contributed by atoms with van der Waals surface area (Å²) in [7, 11) is 0. The first-order valence-electron chi connectivity index (χ1n) is 8.25. The molecule has 0 bridgehead atoms. The van der Waals surface area contributed by atoms with Crippen LogP contribution in [-0.2, 0) is 6.61 Å². The number of amides is 1. The van der Waals surface area contributed by atoms with E-state index in [1.807, 2.05) is 48.5 Å². The minimum absolute atomic E-state index is 0.262. The Balaban J connectivity index is 1.59. The van der Waals surface area contributed by atoms with Crippen LogP contribution in [0.5, 0.6) is 5.75 Å². The first-order chi connectivity index (χ1) is 12.1. The van der Waals surface area contributed by atoms with Crippen LogP contribution in [0.1, 0.15) is 41.4 Å². The number of nitrogens with zero attached hydrogens (tertiary/aromatic N) is 1. The zero-order valence-corrected chi connectivity index (χ0v) is 14.1. The molecule has 0 fully saturated rings. The fraction of sp³-hybridized carbons (Fsp3) is 0.200. The molecule has 4 rings (SSSR count). The largest absolute Gasteiger partial charge is 0.488 e. The van der Waals surface area contributed by atoms with Crippen LogP contribution in [0.4, 0.5) is 5.69 Å². The van der Waals surface area contributed by atoms with Gasteiger partial charge in [-0.1, -0.05) is 43.3 Å². The number of nitrogens with one attached hydrogen (secondary N) is 1. The number of carbonyl (C=O) groups excluding carboxylic acids is 1. The molecule has 2 heterocycles. The van der Waals surface area contributed by atoms with Crippen LogP contribution >= 0.6 is 0 Å². The zero-order valence-electron chi connectivity index (χ0n) is 14.1. The third kappa shape index (κ3) is 2.78. The van der Waals surface area contributed by atoms with Gasteiger partial charge in [0.05, 0.1) is 11.1 Å². The number of ether oxygens (including phenoxy) is 1. The lowest BCUT2D eigenvalue weighted by Crippen LogP contribution is -2.16. The van der Waals surface area contributed by atoms with Crippen molar-refractivity contribution in [2.45, 2.75) is 26.4 Å². The third-order valence-corrected chi connectivity index (χ3v) is 4.34. The molecule has 5 heteroatoms. The van der Waals surface area contributed by atoms with E-state index in [1.54, 1.807) is 0 Å². The number of anilines is 1. The Morgan fingerprint density at radius 1 is 1.12 bits per heavy atom. The van der Waals surface area contributed by atoms with Gasteiger partial charge in [-0.05, 0) is 35.7 Å². The van der Waals surface area contributed by atoms with Crippen LogP contribution in [0, 0.1) is 0 Å². The van der Waals surface area contributed by atoms with Gasteiger partial charge in [0.15, 0.2) is 11.5 Å². The minimum Gasteiger partial charge on any atom is -0.488 e. The third-order valence-electron chi connectivity index (χ3n) is 4.34. The average molecular weight is 334 g/mol. The SMILES string of the molecule is CC(C)c1ccc(NC(=O)c2noc3c2COc2ccccc2-3)cc1. The highest BCUT2D eigenvalue weighted by Crippen LogP contribution is 2.38. The van der Waals surface area contributed by atoms with Crippen LogP contribution in [0.2, 0.25) is 0 Å². The monoisotopic (exact) mass is 334 g/mol. The molecule has 1 N–H and O–H groups in total. The second kappa shape index (κ2) is 6.09. The van der Waals surface area contributed by atoms with E-state index in [0.29, 0.717) is 17.2 Å². The maximum absolute atomic E-state index is 12.6. The van der Waals surface area contributed by atoms with Crippen molar-refractivity contribution in [3.8, 4) is 17.1 Å². The molecule has 0 saturated heterocycles. The average Bonchev–Trinajstić information content (AvgIpc) is 3.07. The summed E-state index contributed by atoms with van der Waals surface area (Å²) in [4.78, 5) is 12.6. The molecule has 5 nitrogen and oxygen atoms in total. The number of hydrogen-bond acceptors (Lipinski definition) is 4. The molecule has 0 radical (unpaired) electrons. The molecule has 126 valence electrons. The standard InChI is InChI=1S/C20H18N2O3/c1-12(2)13-7-9-14(10-8-13)21-20(23)18-16-11-24-17-6-4-3-5-15(17)19(16)25-22-18/h3-10,12H,11H2,1-2H3,(H,21,23). The second-order valence-electron chi connectivity index (χ2n) is 6.35. The van der Waals surface area contributed by atoms with Crippen LogP contribution in [0.3, 0.4) is 0 Å². The van der Waals surface area contributed by atoms with Gasteiger partial charge >= 0.3 is 0 Å². The van der Waals surface area contributed by atoms with E-state index in [4.69, 9.17) is 9.26 Å². The number of carbonyl (C=O) groups is 1. The predicted molar refractivity (Wildman–Crippen MR) is 94.8 cm³/mol.